The maximum absolute atomic E-state index is 9.78. The SMILES string of the molecule is N#C/C(=C/c1ccc(OCc2ccccc2)c(Br)c1)c1cccc2ccccc12. The fourth-order valence-electron chi connectivity index (χ4n) is 3.26. The van der Waals surface area contributed by atoms with Crippen molar-refractivity contribution in [2.75, 3.05) is 0 Å². The third-order valence-corrected chi connectivity index (χ3v) is 5.32. The fraction of sp³-hybridized carbons (Fsp3) is 0.0385. The Morgan fingerprint density at radius 3 is 2.45 bits per heavy atom. The lowest BCUT2D eigenvalue weighted by Crippen LogP contribution is -1.95. The second-order valence-corrected chi connectivity index (χ2v) is 7.51. The number of fused-ring (bicyclic) bond motifs is 1. The van der Waals surface area contributed by atoms with Crippen LogP contribution in [-0.2, 0) is 6.61 Å². The zero-order valence-corrected chi connectivity index (χ0v) is 17.3. The summed E-state index contributed by atoms with van der Waals surface area (Å²) in [4.78, 5) is 0. The monoisotopic (exact) mass is 439 g/mol. The number of rotatable bonds is 5. The van der Waals surface area contributed by atoms with Crippen molar-refractivity contribution in [3.8, 4) is 11.8 Å². The van der Waals surface area contributed by atoms with Crippen LogP contribution in [-0.4, -0.2) is 0 Å². The first-order chi connectivity index (χ1) is 14.2. The molecular formula is C26H18BrNO. The molecule has 4 aromatic rings. The molecular weight excluding hydrogens is 422 g/mol. The lowest BCUT2D eigenvalue weighted by Gasteiger charge is -2.10. The van der Waals surface area contributed by atoms with E-state index in [1.54, 1.807) is 0 Å². The number of benzene rings is 4. The van der Waals surface area contributed by atoms with Gasteiger partial charge in [0.1, 0.15) is 12.4 Å². The number of ether oxygens (including phenoxy) is 1. The topological polar surface area (TPSA) is 33.0 Å². The Morgan fingerprint density at radius 2 is 1.66 bits per heavy atom. The molecule has 0 aliphatic rings. The van der Waals surface area contributed by atoms with Crippen LogP contribution in [0.3, 0.4) is 0 Å². The molecule has 2 nitrogen and oxygen atoms in total. The Bertz CT molecular complexity index is 1220. The number of allylic oxidation sites excluding steroid dienone is 1. The molecule has 0 aliphatic heterocycles. The third kappa shape index (κ3) is 4.39. The molecule has 0 N–H and O–H groups in total. The summed E-state index contributed by atoms with van der Waals surface area (Å²) in [5, 5.41) is 12.0. The van der Waals surface area contributed by atoms with Crippen LogP contribution in [0, 0.1) is 11.3 Å². The quantitative estimate of drug-likeness (QED) is 0.242. The second-order valence-electron chi connectivity index (χ2n) is 6.66. The van der Waals surface area contributed by atoms with Crippen LogP contribution >= 0.6 is 15.9 Å². The molecule has 0 aliphatic carbocycles. The van der Waals surface area contributed by atoms with Gasteiger partial charge in [-0.25, -0.2) is 0 Å². The van der Waals surface area contributed by atoms with Crippen LogP contribution < -0.4 is 4.74 Å². The highest BCUT2D eigenvalue weighted by Gasteiger charge is 2.08. The Labute approximate surface area is 178 Å². The Morgan fingerprint density at radius 1 is 0.897 bits per heavy atom. The zero-order chi connectivity index (χ0) is 20.1. The molecule has 29 heavy (non-hydrogen) atoms. The van der Waals surface area contributed by atoms with Crippen LogP contribution in [0.25, 0.3) is 22.4 Å². The van der Waals surface area contributed by atoms with E-state index in [2.05, 4.69) is 34.1 Å². The van der Waals surface area contributed by atoms with E-state index in [4.69, 9.17) is 4.74 Å². The molecule has 0 radical (unpaired) electrons. The maximum Gasteiger partial charge on any atom is 0.134 e. The Balaban J connectivity index is 1.61. The summed E-state index contributed by atoms with van der Waals surface area (Å²) in [5.74, 6) is 0.773. The molecule has 4 aromatic carbocycles. The van der Waals surface area contributed by atoms with Crippen molar-refractivity contribution < 1.29 is 4.74 Å². The average Bonchev–Trinajstić information content (AvgIpc) is 2.77. The smallest absolute Gasteiger partial charge is 0.134 e. The van der Waals surface area contributed by atoms with Crippen molar-refractivity contribution in [3.63, 3.8) is 0 Å². The molecule has 4 rings (SSSR count). The lowest BCUT2D eigenvalue weighted by atomic mass is 9.97. The summed E-state index contributed by atoms with van der Waals surface area (Å²) in [6, 6.07) is 32.4. The van der Waals surface area contributed by atoms with Gasteiger partial charge in [-0.1, -0.05) is 78.9 Å². The largest absolute Gasteiger partial charge is 0.488 e. The van der Waals surface area contributed by atoms with E-state index in [0.717, 1.165) is 37.7 Å². The molecule has 0 unspecified atom stereocenters. The minimum atomic E-state index is 0.508. The van der Waals surface area contributed by atoms with Gasteiger partial charge in [-0.3, -0.25) is 0 Å². The number of nitrogens with zero attached hydrogens (tertiary/aromatic N) is 1. The fourth-order valence-corrected chi connectivity index (χ4v) is 3.77. The van der Waals surface area contributed by atoms with E-state index >= 15 is 0 Å². The molecule has 0 saturated heterocycles. The molecule has 0 amide bonds. The van der Waals surface area contributed by atoms with Gasteiger partial charge >= 0.3 is 0 Å². The first-order valence-electron chi connectivity index (χ1n) is 9.31. The predicted octanol–water partition coefficient (Wildman–Crippen LogP) is 7.25. The highest BCUT2D eigenvalue weighted by atomic mass is 79.9. The van der Waals surface area contributed by atoms with Gasteiger partial charge in [0.15, 0.2) is 0 Å². The number of hydrogen-bond acceptors (Lipinski definition) is 2. The molecule has 140 valence electrons. The Hall–Kier alpha value is -3.35. The third-order valence-electron chi connectivity index (χ3n) is 4.70. The molecule has 3 heteroatoms. The Kier molecular flexibility index (Phi) is 5.74. The summed E-state index contributed by atoms with van der Waals surface area (Å²) in [6.07, 6.45) is 1.91. The normalized spacial score (nSPS) is 11.2. The van der Waals surface area contributed by atoms with Crippen molar-refractivity contribution in [2.45, 2.75) is 6.61 Å². The van der Waals surface area contributed by atoms with Gasteiger partial charge in [0.2, 0.25) is 0 Å². The first-order valence-corrected chi connectivity index (χ1v) is 10.1. The minimum absolute atomic E-state index is 0.508. The summed E-state index contributed by atoms with van der Waals surface area (Å²) in [5.41, 5.74) is 3.62. The molecule has 0 saturated carbocycles. The molecule has 0 heterocycles. The molecule has 0 aromatic heterocycles. The van der Waals surface area contributed by atoms with Gasteiger partial charge in [-0.2, -0.15) is 5.26 Å². The van der Waals surface area contributed by atoms with E-state index in [1.807, 2.05) is 84.9 Å². The predicted molar refractivity (Wildman–Crippen MR) is 122 cm³/mol. The first kappa shape index (κ1) is 19.0. The van der Waals surface area contributed by atoms with Crippen molar-refractivity contribution in [3.05, 3.63) is 112 Å². The van der Waals surface area contributed by atoms with Crippen molar-refractivity contribution in [1.82, 2.24) is 0 Å². The van der Waals surface area contributed by atoms with Crippen LogP contribution in [0.2, 0.25) is 0 Å². The summed E-state index contributed by atoms with van der Waals surface area (Å²) >= 11 is 3.59. The van der Waals surface area contributed by atoms with Crippen molar-refractivity contribution >= 4 is 38.4 Å². The molecule has 0 bridgehead atoms. The number of nitriles is 1. The lowest BCUT2D eigenvalue weighted by molar-refractivity contribution is 0.304. The van der Waals surface area contributed by atoms with Crippen molar-refractivity contribution in [2.24, 2.45) is 0 Å². The zero-order valence-electron chi connectivity index (χ0n) is 15.7. The van der Waals surface area contributed by atoms with Gasteiger partial charge in [-0.05, 0) is 56.0 Å². The molecule has 0 fully saturated rings. The number of hydrogen-bond donors (Lipinski definition) is 0. The van der Waals surface area contributed by atoms with Crippen LogP contribution in [0.15, 0.2) is 95.5 Å². The van der Waals surface area contributed by atoms with E-state index in [-0.39, 0.29) is 0 Å². The van der Waals surface area contributed by atoms with Crippen LogP contribution in [0.1, 0.15) is 16.7 Å². The summed E-state index contributed by atoms with van der Waals surface area (Å²) < 4.78 is 6.78. The number of halogens is 1. The van der Waals surface area contributed by atoms with Gasteiger partial charge in [0.25, 0.3) is 0 Å². The summed E-state index contributed by atoms with van der Waals surface area (Å²) in [6.45, 7) is 0.508. The molecule has 0 atom stereocenters. The van der Waals surface area contributed by atoms with E-state index in [1.165, 1.54) is 0 Å². The van der Waals surface area contributed by atoms with Crippen molar-refractivity contribution in [1.29, 1.82) is 5.26 Å². The highest BCUT2D eigenvalue weighted by molar-refractivity contribution is 9.10. The maximum atomic E-state index is 9.78. The average molecular weight is 440 g/mol. The van der Waals surface area contributed by atoms with E-state index < -0.39 is 0 Å². The molecule has 0 spiro atoms. The van der Waals surface area contributed by atoms with Crippen LogP contribution in [0.4, 0.5) is 0 Å². The highest BCUT2D eigenvalue weighted by Crippen LogP contribution is 2.30. The standard InChI is InChI=1S/C26H18BrNO/c27-25-16-20(13-14-26(25)29-18-19-7-2-1-3-8-19)15-22(17-28)24-12-6-10-21-9-4-5-11-23(21)24/h1-16H,18H2/b22-15-. The summed E-state index contributed by atoms with van der Waals surface area (Å²) in [7, 11) is 0. The minimum Gasteiger partial charge on any atom is -0.488 e. The van der Waals surface area contributed by atoms with Gasteiger partial charge in [-0.15, -0.1) is 0 Å². The van der Waals surface area contributed by atoms with Gasteiger partial charge < -0.3 is 4.74 Å². The van der Waals surface area contributed by atoms with E-state index in [0.29, 0.717) is 12.2 Å². The van der Waals surface area contributed by atoms with E-state index in [9.17, 15) is 5.26 Å². The van der Waals surface area contributed by atoms with Gasteiger partial charge in [0.05, 0.1) is 16.1 Å². The van der Waals surface area contributed by atoms with Crippen LogP contribution in [0.5, 0.6) is 5.75 Å². The second kappa shape index (κ2) is 8.77. The van der Waals surface area contributed by atoms with Gasteiger partial charge in [0, 0.05) is 5.56 Å².